The van der Waals surface area contributed by atoms with Crippen LogP contribution in [-0.4, -0.2) is 54.6 Å². The fourth-order valence-electron chi connectivity index (χ4n) is 5.22. The number of nitrogens with two attached hydrogens (primary N) is 1. The van der Waals surface area contributed by atoms with E-state index < -0.39 is 43.9 Å². The van der Waals surface area contributed by atoms with Crippen LogP contribution in [0.2, 0.25) is 0 Å². The van der Waals surface area contributed by atoms with Gasteiger partial charge in [-0.3, -0.25) is 9.78 Å². The largest absolute Gasteiger partial charge is 0.492 e. The van der Waals surface area contributed by atoms with Crippen LogP contribution in [0.1, 0.15) is 37.6 Å². The highest BCUT2D eigenvalue weighted by Crippen LogP contribution is 2.54. The first-order chi connectivity index (χ1) is 21.0. The Hall–Kier alpha value is -1.28. The van der Waals surface area contributed by atoms with Crippen LogP contribution >= 0.6 is 88.4 Å². The van der Waals surface area contributed by atoms with Gasteiger partial charge < -0.3 is 15.4 Å². The highest BCUT2D eigenvalue weighted by molar-refractivity contribution is 8.21. The van der Waals surface area contributed by atoms with Crippen molar-refractivity contribution in [3.63, 3.8) is 0 Å². The van der Waals surface area contributed by atoms with E-state index in [4.69, 9.17) is 10.5 Å². The number of nitrogens with one attached hydrogen (secondary N) is 1. The Morgan fingerprint density at radius 2 is 1.76 bits per heavy atom. The second-order valence-electron chi connectivity index (χ2n) is 11.7. The topological polar surface area (TPSA) is 128 Å². The molecule has 1 aromatic carbocycles. The van der Waals surface area contributed by atoms with Crippen molar-refractivity contribution in [1.82, 2.24) is 14.7 Å². The SMILES string of the molecule is C[C@@H]1CN(c2cc(-c3cc(F)cc(OCC(S)(C(S)(S)S)C(S)(S)S)c3)ncc2C(=O)NS(=O)(=O)c2cccc(N)n2)C(C)(C)C1. The van der Waals surface area contributed by atoms with Crippen molar-refractivity contribution in [3.05, 3.63) is 60.0 Å². The van der Waals surface area contributed by atoms with E-state index >= 15 is 0 Å². The van der Waals surface area contributed by atoms with Crippen LogP contribution in [-0.2, 0) is 10.0 Å². The van der Waals surface area contributed by atoms with E-state index in [1.165, 1.54) is 36.5 Å². The quantitative estimate of drug-likeness (QED) is 0.0971. The molecule has 3 aromatic rings. The van der Waals surface area contributed by atoms with Crippen molar-refractivity contribution in [1.29, 1.82) is 0 Å². The summed E-state index contributed by atoms with van der Waals surface area (Å²) in [7, 11) is -4.37. The lowest BCUT2D eigenvalue weighted by Gasteiger charge is -2.45. The number of halogens is 1. The first-order valence-corrected chi connectivity index (χ1v) is 18.2. The summed E-state index contributed by atoms with van der Waals surface area (Å²) >= 11 is 30.9. The van der Waals surface area contributed by atoms with Gasteiger partial charge in [-0.1, -0.05) is 13.0 Å². The van der Waals surface area contributed by atoms with Gasteiger partial charge in [-0.25, -0.2) is 14.1 Å². The molecule has 250 valence electrons. The van der Waals surface area contributed by atoms with Crippen LogP contribution in [0.5, 0.6) is 5.75 Å². The maximum absolute atomic E-state index is 15.0. The third-order valence-electron chi connectivity index (χ3n) is 7.46. The van der Waals surface area contributed by atoms with Gasteiger partial charge >= 0.3 is 0 Å². The number of thiol groups is 7. The predicted octanol–water partition coefficient (Wildman–Crippen LogP) is 5.54. The molecule has 0 aliphatic carbocycles. The summed E-state index contributed by atoms with van der Waals surface area (Å²) in [6.45, 7) is 6.50. The molecule has 18 heteroatoms. The average molecular weight is 780 g/mol. The van der Waals surface area contributed by atoms with Gasteiger partial charge in [0, 0.05) is 29.9 Å². The van der Waals surface area contributed by atoms with E-state index in [0.717, 1.165) is 6.42 Å². The lowest BCUT2D eigenvalue weighted by Crippen LogP contribution is -2.53. The summed E-state index contributed by atoms with van der Waals surface area (Å²) in [6, 6.07) is 9.70. The molecule has 1 aliphatic rings. The van der Waals surface area contributed by atoms with E-state index in [9.17, 15) is 17.6 Å². The summed E-state index contributed by atoms with van der Waals surface area (Å²) in [5, 5.41) is -0.406. The summed E-state index contributed by atoms with van der Waals surface area (Å²) in [4.78, 5) is 23.8. The molecule has 0 spiro atoms. The van der Waals surface area contributed by atoms with Gasteiger partial charge in [0.2, 0.25) is 0 Å². The highest BCUT2D eigenvalue weighted by atomic mass is 32.2. The fourth-order valence-corrected chi connectivity index (χ4v) is 8.42. The van der Waals surface area contributed by atoms with Crippen molar-refractivity contribution >= 4 is 116 Å². The predicted molar refractivity (Wildman–Crippen MR) is 205 cm³/mol. The van der Waals surface area contributed by atoms with Crippen molar-refractivity contribution < 1.29 is 22.3 Å². The standard InChI is InChI=1S/C28H34FN5O4S8/c1-15-11-25(2,3)34(13-15)21-10-20(31-12-19(21)24(35)33-46(36,37)23-6-4-5-22(30)32-23)16-7-17(29)9-18(8-16)38-14-26(39,27(40,41)42)28(43,44)45/h4-10,12,15,39-45H,11,13-14H2,1-3H3,(H2,30,32)(H,33,35)/t15-/m0/s1. The maximum Gasteiger partial charge on any atom is 0.281 e. The van der Waals surface area contributed by atoms with Gasteiger partial charge in [-0.2, -0.15) is 21.0 Å². The van der Waals surface area contributed by atoms with Crippen LogP contribution < -0.4 is 20.1 Å². The summed E-state index contributed by atoms with van der Waals surface area (Å²) in [5.41, 5.74) is 6.32. The highest BCUT2D eigenvalue weighted by Gasteiger charge is 2.54. The van der Waals surface area contributed by atoms with E-state index in [1.54, 1.807) is 12.1 Å². The molecule has 1 saturated heterocycles. The summed E-state index contributed by atoms with van der Waals surface area (Å²) in [6.07, 6.45) is 2.08. The monoisotopic (exact) mass is 779 g/mol. The molecule has 3 N–H and O–H groups in total. The Bertz CT molecular complexity index is 1730. The van der Waals surface area contributed by atoms with E-state index in [0.29, 0.717) is 23.5 Å². The molecule has 0 bridgehead atoms. The van der Waals surface area contributed by atoms with Gasteiger partial charge in [0.05, 0.1) is 16.9 Å². The lowest BCUT2D eigenvalue weighted by molar-refractivity contribution is 0.0981. The number of carbonyl (C=O) groups is 1. The number of hydrogen-bond donors (Lipinski definition) is 9. The van der Waals surface area contributed by atoms with Crippen LogP contribution in [0.3, 0.4) is 0 Å². The Morgan fingerprint density at radius 3 is 2.33 bits per heavy atom. The Kier molecular flexibility index (Phi) is 11.1. The zero-order valence-electron chi connectivity index (χ0n) is 24.8. The molecule has 46 heavy (non-hydrogen) atoms. The Morgan fingerprint density at radius 1 is 1.11 bits per heavy atom. The van der Waals surface area contributed by atoms with Crippen molar-refractivity contribution in [2.75, 3.05) is 23.8 Å². The number of benzene rings is 1. The van der Waals surface area contributed by atoms with Crippen molar-refractivity contribution in [3.8, 4) is 17.0 Å². The molecule has 1 fully saturated rings. The summed E-state index contributed by atoms with van der Waals surface area (Å²) < 4.78 is 44.9. The Labute approximate surface area is 306 Å². The van der Waals surface area contributed by atoms with E-state index in [-0.39, 0.29) is 29.7 Å². The first kappa shape index (κ1) is 37.5. The number of pyridine rings is 2. The zero-order chi connectivity index (χ0) is 34.5. The molecule has 9 nitrogen and oxygen atoms in total. The van der Waals surface area contributed by atoms with E-state index in [2.05, 4.69) is 110 Å². The number of aromatic nitrogens is 2. The number of sulfonamides is 1. The number of hydrogen-bond acceptors (Lipinski definition) is 15. The molecule has 1 atom stereocenters. The van der Waals surface area contributed by atoms with E-state index in [1.807, 2.05) is 18.7 Å². The van der Waals surface area contributed by atoms with Gasteiger partial charge in [-0.05, 0) is 56.5 Å². The lowest BCUT2D eigenvalue weighted by atomic mass is 9.97. The molecule has 3 heterocycles. The van der Waals surface area contributed by atoms with Crippen molar-refractivity contribution in [2.45, 2.75) is 49.3 Å². The van der Waals surface area contributed by atoms with Crippen molar-refractivity contribution in [2.24, 2.45) is 5.92 Å². The molecule has 2 aromatic heterocycles. The first-order valence-electron chi connectivity index (χ1n) is 13.6. The minimum absolute atomic E-state index is 0.00601. The van der Waals surface area contributed by atoms with Gasteiger partial charge in [0.1, 0.15) is 35.6 Å². The number of nitrogen functional groups attached to an aromatic ring is 1. The van der Waals surface area contributed by atoms with Gasteiger partial charge in [0.15, 0.2) is 5.03 Å². The third-order valence-corrected chi connectivity index (χ3v) is 12.8. The van der Waals surface area contributed by atoms with Gasteiger partial charge in [-0.15, -0.1) is 75.8 Å². The average Bonchev–Trinajstić information content (AvgIpc) is 3.20. The maximum atomic E-state index is 15.0. The minimum atomic E-state index is -4.37. The summed E-state index contributed by atoms with van der Waals surface area (Å²) in [5.74, 6) is -1.16. The molecular weight excluding hydrogens is 746 g/mol. The minimum Gasteiger partial charge on any atom is -0.492 e. The second kappa shape index (κ2) is 13.6. The molecule has 1 aliphatic heterocycles. The zero-order valence-corrected chi connectivity index (χ0v) is 31.9. The third kappa shape index (κ3) is 8.12. The van der Waals surface area contributed by atoms with Crippen LogP contribution in [0, 0.1) is 11.7 Å². The van der Waals surface area contributed by atoms with Gasteiger partial charge in [0.25, 0.3) is 15.9 Å². The number of anilines is 2. The second-order valence-corrected chi connectivity index (χ2v) is 20.3. The number of carbonyl (C=O) groups excluding carboxylic acids is 1. The smallest absolute Gasteiger partial charge is 0.281 e. The Balaban J connectivity index is 1.75. The number of nitrogens with zero attached hydrogens (tertiary/aromatic N) is 3. The molecule has 0 radical (unpaired) electrons. The molecular formula is C28H34FN5O4S8. The number of ether oxygens (including phenoxy) is 1. The number of rotatable bonds is 10. The normalized spacial score (nSPS) is 17.2. The van der Waals surface area contributed by atoms with Crippen LogP contribution in [0.25, 0.3) is 11.3 Å². The fraction of sp³-hybridized carbons (Fsp3) is 0.393. The molecule has 4 rings (SSSR count). The molecule has 0 unspecified atom stereocenters. The number of amides is 1. The molecule has 0 saturated carbocycles. The molecule has 1 amide bonds. The van der Waals surface area contributed by atoms with Crippen LogP contribution in [0.15, 0.2) is 53.7 Å². The van der Waals surface area contributed by atoms with Crippen LogP contribution in [0.4, 0.5) is 15.9 Å².